The highest BCUT2D eigenvalue weighted by Crippen LogP contribution is 2.37. The lowest BCUT2D eigenvalue weighted by Crippen LogP contribution is -2.40. The maximum Gasteiger partial charge on any atom is 0.251 e. The second-order valence-corrected chi connectivity index (χ2v) is 9.00. The first-order valence-corrected chi connectivity index (χ1v) is 12.1. The average molecular weight is 570 g/mol. The molecule has 1 saturated heterocycles. The van der Waals surface area contributed by atoms with Gasteiger partial charge in [0, 0.05) is 43.2 Å². The number of nitrogens with zero attached hydrogens (tertiary/aromatic N) is 2. The molecule has 1 aromatic carbocycles. The van der Waals surface area contributed by atoms with Crippen LogP contribution in [-0.2, 0) is 6.42 Å². The van der Waals surface area contributed by atoms with Crippen molar-refractivity contribution in [3.63, 3.8) is 0 Å². The number of nitrogens with one attached hydrogen (secondary N) is 3. The largest absolute Gasteiger partial charge is 0.357 e. The van der Waals surface area contributed by atoms with Gasteiger partial charge in [-0.25, -0.2) is 0 Å². The Labute approximate surface area is 213 Å². The number of aliphatic imine (C=N–C) groups is 1. The maximum absolute atomic E-state index is 11.8. The Morgan fingerprint density at radius 2 is 2.09 bits per heavy atom. The predicted molar refractivity (Wildman–Crippen MR) is 145 cm³/mol. The van der Waals surface area contributed by atoms with Crippen molar-refractivity contribution in [3.05, 3.63) is 57.8 Å². The van der Waals surface area contributed by atoms with Gasteiger partial charge in [-0.2, -0.15) is 0 Å². The molecule has 3 N–H and O–H groups in total. The number of thiophene rings is 1. The van der Waals surface area contributed by atoms with Crippen molar-refractivity contribution in [3.8, 4) is 0 Å². The van der Waals surface area contributed by atoms with E-state index in [9.17, 15) is 4.79 Å². The smallest absolute Gasteiger partial charge is 0.251 e. The molecule has 176 valence electrons. The minimum absolute atomic E-state index is 0. The molecule has 1 aliphatic heterocycles. The number of benzene rings is 1. The van der Waals surface area contributed by atoms with Gasteiger partial charge in [0.05, 0.1) is 0 Å². The summed E-state index contributed by atoms with van der Waals surface area (Å²) in [6.45, 7) is 5.65. The summed E-state index contributed by atoms with van der Waals surface area (Å²) in [5.74, 6) is 1.34. The molecule has 0 saturated carbocycles. The number of hydrogen-bond donors (Lipinski definition) is 3. The topological polar surface area (TPSA) is 68.8 Å². The van der Waals surface area contributed by atoms with E-state index in [2.05, 4.69) is 58.4 Å². The zero-order valence-electron chi connectivity index (χ0n) is 19.3. The van der Waals surface area contributed by atoms with Crippen LogP contribution in [0.5, 0.6) is 0 Å². The van der Waals surface area contributed by atoms with Crippen molar-refractivity contribution >= 4 is 47.2 Å². The summed E-state index contributed by atoms with van der Waals surface area (Å²) in [6, 6.07) is 12.6. The fraction of sp³-hybridized carbons (Fsp3) is 0.500. The molecule has 0 spiro atoms. The van der Waals surface area contributed by atoms with E-state index in [0.29, 0.717) is 17.5 Å². The second-order valence-electron chi connectivity index (χ2n) is 8.02. The standard InChI is InChI=1S/C24H35N5OS.HI/c1-4-26-24(27-13-12-18-8-5-9-19(16-18)23(30)25-2)28-17-20-10-6-14-29(3)22(20)21-11-7-15-31-21;/h5,7-9,11,15-16,20,22H,4,6,10,12-14,17H2,1-3H3,(H,25,30)(H2,26,27,28);1H. The van der Waals surface area contributed by atoms with Crippen molar-refractivity contribution in [1.82, 2.24) is 20.9 Å². The van der Waals surface area contributed by atoms with Crippen LogP contribution >= 0.6 is 35.3 Å². The summed E-state index contributed by atoms with van der Waals surface area (Å²) in [5, 5.41) is 11.7. The fourth-order valence-corrected chi connectivity index (χ4v) is 5.23. The number of hydrogen-bond acceptors (Lipinski definition) is 4. The van der Waals surface area contributed by atoms with Gasteiger partial charge >= 0.3 is 0 Å². The molecule has 6 nitrogen and oxygen atoms in total. The van der Waals surface area contributed by atoms with Crippen LogP contribution < -0.4 is 16.0 Å². The van der Waals surface area contributed by atoms with Crippen molar-refractivity contribution in [2.45, 2.75) is 32.2 Å². The van der Waals surface area contributed by atoms with Gasteiger partial charge in [0.25, 0.3) is 5.91 Å². The van der Waals surface area contributed by atoms with Gasteiger partial charge in [-0.3, -0.25) is 14.7 Å². The predicted octanol–water partition coefficient (Wildman–Crippen LogP) is 3.91. The molecule has 0 bridgehead atoms. The number of carbonyl (C=O) groups excluding carboxylic acids is 1. The number of carbonyl (C=O) groups is 1. The Hall–Kier alpha value is -1.65. The molecule has 1 aliphatic rings. The number of rotatable bonds is 8. The number of piperidine rings is 1. The minimum Gasteiger partial charge on any atom is -0.357 e. The molecule has 1 aromatic heterocycles. The Morgan fingerprint density at radius 1 is 1.25 bits per heavy atom. The van der Waals surface area contributed by atoms with E-state index < -0.39 is 0 Å². The SMILES string of the molecule is CCNC(=NCC1CCCN(C)C1c1cccs1)NCCc1cccc(C(=O)NC)c1.I. The summed E-state index contributed by atoms with van der Waals surface area (Å²) in [5.41, 5.74) is 1.83. The molecule has 3 rings (SSSR count). The zero-order valence-corrected chi connectivity index (χ0v) is 22.4. The quantitative estimate of drug-likeness (QED) is 0.256. The zero-order chi connectivity index (χ0) is 22.1. The van der Waals surface area contributed by atoms with Crippen LogP contribution in [0.3, 0.4) is 0 Å². The van der Waals surface area contributed by atoms with Crippen LogP contribution in [0.1, 0.15) is 46.6 Å². The van der Waals surface area contributed by atoms with Gasteiger partial charge in [-0.05, 0) is 74.8 Å². The van der Waals surface area contributed by atoms with Crippen molar-refractivity contribution in [2.24, 2.45) is 10.9 Å². The number of guanidine groups is 1. The van der Waals surface area contributed by atoms with Gasteiger partial charge < -0.3 is 16.0 Å². The fourth-order valence-electron chi connectivity index (χ4n) is 4.25. The lowest BCUT2D eigenvalue weighted by molar-refractivity contribution is 0.0963. The molecule has 0 radical (unpaired) electrons. The lowest BCUT2D eigenvalue weighted by atomic mass is 9.88. The molecule has 2 aromatic rings. The van der Waals surface area contributed by atoms with Crippen LogP contribution in [0.15, 0.2) is 46.8 Å². The van der Waals surface area contributed by atoms with Gasteiger partial charge in [-0.1, -0.05) is 18.2 Å². The van der Waals surface area contributed by atoms with Gasteiger partial charge in [0.1, 0.15) is 0 Å². The average Bonchev–Trinajstić information content (AvgIpc) is 3.31. The molecule has 2 unspecified atom stereocenters. The van der Waals surface area contributed by atoms with Crippen LogP contribution in [-0.4, -0.2) is 57.0 Å². The summed E-state index contributed by atoms with van der Waals surface area (Å²) in [4.78, 5) is 20.7. The summed E-state index contributed by atoms with van der Waals surface area (Å²) in [6.07, 6.45) is 3.27. The van der Waals surface area contributed by atoms with Gasteiger partial charge in [0.2, 0.25) is 0 Å². The van der Waals surface area contributed by atoms with Crippen LogP contribution in [0.2, 0.25) is 0 Å². The van der Waals surface area contributed by atoms with E-state index in [1.165, 1.54) is 17.7 Å². The third-order valence-electron chi connectivity index (χ3n) is 5.79. The molecular formula is C24H36IN5OS. The van der Waals surface area contributed by atoms with Crippen molar-refractivity contribution < 1.29 is 4.79 Å². The van der Waals surface area contributed by atoms with E-state index in [1.807, 2.05) is 29.5 Å². The number of halogens is 1. The third-order valence-corrected chi connectivity index (χ3v) is 6.74. The highest BCUT2D eigenvalue weighted by Gasteiger charge is 2.31. The molecule has 1 amide bonds. The molecule has 8 heteroatoms. The Balaban J connectivity index is 0.00000363. The molecule has 2 atom stereocenters. The van der Waals surface area contributed by atoms with E-state index >= 15 is 0 Å². The Kier molecular flexibility index (Phi) is 11.5. The maximum atomic E-state index is 11.8. The van der Waals surface area contributed by atoms with E-state index in [1.54, 1.807) is 7.05 Å². The van der Waals surface area contributed by atoms with E-state index in [4.69, 9.17) is 4.99 Å². The highest BCUT2D eigenvalue weighted by atomic mass is 127. The van der Waals surface area contributed by atoms with Crippen LogP contribution in [0.25, 0.3) is 0 Å². The number of amides is 1. The summed E-state index contributed by atoms with van der Waals surface area (Å²) >= 11 is 1.85. The number of likely N-dealkylation sites (tertiary alicyclic amines) is 1. The minimum atomic E-state index is -0.0533. The van der Waals surface area contributed by atoms with Gasteiger partial charge in [-0.15, -0.1) is 35.3 Å². The van der Waals surface area contributed by atoms with Crippen LogP contribution in [0.4, 0.5) is 0 Å². The summed E-state index contributed by atoms with van der Waals surface area (Å²) in [7, 11) is 3.89. The van der Waals surface area contributed by atoms with Crippen molar-refractivity contribution in [2.75, 3.05) is 40.3 Å². The molecule has 0 aliphatic carbocycles. The van der Waals surface area contributed by atoms with Crippen LogP contribution in [0, 0.1) is 5.92 Å². The first-order valence-electron chi connectivity index (χ1n) is 11.2. The monoisotopic (exact) mass is 569 g/mol. The van der Waals surface area contributed by atoms with E-state index in [0.717, 1.165) is 44.1 Å². The second kappa shape index (κ2) is 13.8. The molecule has 2 heterocycles. The van der Waals surface area contributed by atoms with Gasteiger partial charge in [0.15, 0.2) is 5.96 Å². The normalized spacial score (nSPS) is 19.2. The Bertz CT molecular complexity index is 858. The molecule has 32 heavy (non-hydrogen) atoms. The summed E-state index contributed by atoms with van der Waals surface area (Å²) < 4.78 is 0. The van der Waals surface area contributed by atoms with Crippen molar-refractivity contribution in [1.29, 1.82) is 0 Å². The highest BCUT2D eigenvalue weighted by molar-refractivity contribution is 14.0. The first-order chi connectivity index (χ1) is 15.1. The van der Waals surface area contributed by atoms with E-state index in [-0.39, 0.29) is 29.9 Å². The molecular weight excluding hydrogens is 533 g/mol. The Morgan fingerprint density at radius 3 is 2.81 bits per heavy atom. The first kappa shape index (κ1) is 26.6. The molecule has 1 fully saturated rings. The lowest BCUT2D eigenvalue weighted by Gasteiger charge is -2.38. The third kappa shape index (κ3) is 7.45.